The molecule has 0 amide bonds. The molecule has 0 bridgehead atoms. The Morgan fingerprint density at radius 1 is 1.27 bits per heavy atom. The van der Waals surface area contributed by atoms with Crippen LogP contribution >= 0.6 is 11.3 Å². The number of hydrogen-bond donors (Lipinski definition) is 0. The van der Waals surface area contributed by atoms with Crippen molar-refractivity contribution in [1.29, 1.82) is 0 Å². The Labute approximate surface area is 198 Å². The van der Waals surface area contributed by atoms with Gasteiger partial charge in [-0.15, -0.1) is 6.42 Å². The number of ether oxygens (including phenoxy) is 1. The van der Waals surface area contributed by atoms with Crippen molar-refractivity contribution >= 4 is 32.7 Å². The number of thiazole rings is 1. The number of fused-ring (bicyclic) bond motifs is 1. The Bertz CT molecular complexity index is 1120. The van der Waals surface area contributed by atoms with Crippen LogP contribution in [0.25, 0.3) is 10.2 Å². The molecule has 2 aromatic heterocycles. The molecular weight excluding hydrogens is 436 g/mol. The van der Waals surface area contributed by atoms with Crippen molar-refractivity contribution in [2.75, 3.05) is 13.2 Å². The molecule has 0 radical (unpaired) electrons. The van der Waals surface area contributed by atoms with Gasteiger partial charge in [0.1, 0.15) is 6.67 Å². The summed E-state index contributed by atoms with van der Waals surface area (Å²) in [5.74, 6) is 2.44. The summed E-state index contributed by atoms with van der Waals surface area (Å²) in [6.07, 6.45) is 11.4. The van der Waals surface area contributed by atoms with Gasteiger partial charge in [-0.3, -0.25) is 9.63 Å². The van der Waals surface area contributed by atoms with E-state index < -0.39 is 22.4 Å². The average molecular weight is 465 g/mol. The van der Waals surface area contributed by atoms with Gasteiger partial charge in [0.25, 0.3) is 11.4 Å². The SMILES string of the molecule is C#CC(CCC)(CCC)N1CC(OC(=O)c2ccncc2)[N+]([O-])(c2nc3ccccc3s2)C1. The van der Waals surface area contributed by atoms with Gasteiger partial charge in [0.05, 0.1) is 27.9 Å². The van der Waals surface area contributed by atoms with Gasteiger partial charge in [-0.05, 0) is 37.1 Å². The molecule has 1 aliphatic heterocycles. The highest BCUT2D eigenvalue weighted by Gasteiger charge is 2.52. The van der Waals surface area contributed by atoms with Gasteiger partial charge >= 0.3 is 5.97 Å². The van der Waals surface area contributed by atoms with Crippen molar-refractivity contribution in [3.63, 3.8) is 0 Å². The Hall–Kier alpha value is -2.83. The monoisotopic (exact) mass is 464 g/mol. The summed E-state index contributed by atoms with van der Waals surface area (Å²) in [5.41, 5.74) is 0.546. The minimum absolute atomic E-state index is 0.0817. The largest absolute Gasteiger partial charge is 0.622 e. The zero-order valence-electron chi connectivity index (χ0n) is 18.9. The zero-order chi connectivity index (χ0) is 23.5. The lowest BCUT2D eigenvalue weighted by atomic mass is 9.88. The molecule has 1 aromatic carbocycles. The molecule has 2 atom stereocenters. The predicted octanol–water partition coefficient (Wildman–Crippen LogP) is 4.92. The smallest absolute Gasteiger partial charge is 0.342 e. The van der Waals surface area contributed by atoms with Gasteiger partial charge in [0.2, 0.25) is 0 Å². The number of hydrogen-bond acceptors (Lipinski definition) is 7. The molecule has 1 saturated heterocycles. The third-order valence-electron chi connectivity index (χ3n) is 6.19. The maximum Gasteiger partial charge on any atom is 0.342 e. The van der Waals surface area contributed by atoms with Crippen LogP contribution in [0.2, 0.25) is 0 Å². The van der Waals surface area contributed by atoms with Crippen molar-refractivity contribution in [3.05, 3.63) is 59.6 Å². The molecule has 3 aromatic rings. The number of quaternary nitrogens is 1. The van der Waals surface area contributed by atoms with E-state index >= 15 is 0 Å². The maximum atomic E-state index is 14.4. The number of carbonyl (C=O) groups is 1. The first-order chi connectivity index (χ1) is 16.0. The van der Waals surface area contributed by atoms with Gasteiger partial charge in [0.15, 0.2) is 0 Å². The summed E-state index contributed by atoms with van der Waals surface area (Å²) in [7, 11) is 0. The lowest BCUT2D eigenvalue weighted by Gasteiger charge is -2.40. The molecule has 3 heterocycles. The zero-order valence-corrected chi connectivity index (χ0v) is 19.8. The summed E-state index contributed by atoms with van der Waals surface area (Å²) in [6.45, 7) is 4.51. The summed E-state index contributed by atoms with van der Waals surface area (Å²) < 4.78 is 5.89. The van der Waals surface area contributed by atoms with Crippen molar-refractivity contribution in [2.45, 2.75) is 51.3 Å². The Balaban J connectivity index is 1.73. The van der Waals surface area contributed by atoms with Gasteiger partial charge in [0, 0.05) is 12.4 Å². The van der Waals surface area contributed by atoms with Crippen LogP contribution in [0.15, 0.2) is 48.8 Å². The third-order valence-corrected chi connectivity index (χ3v) is 7.34. The van der Waals surface area contributed by atoms with E-state index in [1.54, 1.807) is 12.1 Å². The van der Waals surface area contributed by atoms with Crippen LogP contribution in [0.3, 0.4) is 0 Å². The molecular formula is C25H28N4O3S. The quantitative estimate of drug-likeness (QED) is 0.204. The molecule has 1 fully saturated rings. The highest BCUT2D eigenvalue weighted by Crippen LogP contribution is 2.41. The molecule has 0 spiro atoms. The Morgan fingerprint density at radius 2 is 1.97 bits per heavy atom. The summed E-state index contributed by atoms with van der Waals surface area (Å²) >= 11 is 1.34. The number of esters is 1. The summed E-state index contributed by atoms with van der Waals surface area (Å²) in [4.78, 5) is 23.5. The summed E-state index contributed by atoms with van der Waals surface area (Å²) in [5, 5.41) is 14.8. The predicted molar refractivity (Wildman–Crippen MR) is 131 cm³/mol. The Morgan fingerprint density at radius 3 is 2.61 bits per heavy atom. The van der Waals surface area contributed by atoms with Crippen LogP contribution in [-0.4, -0.2) is 45.8 Å². The Kier molecular flexibility index (Phi) is 6.77. The number of hydroxylamine groups is 2. The fourth-order valence-corrected chi connectivity index (χ4v) is 5.58. The topological polar surface area (TPSA) is 78.4 Å². The number of aromatic nitrogens is 2. The molecule has 7 nitrogen and oxygen atoms in total. The minimum Gasteiger partial charge on any atom is -0.622 e. The van der Waals surface area contributed by atoms with Crippen LogP contribution in [0.5, 0.6) is 0 Å². The fraction of sp³-hybridized carbons (Fsp3) is 0.400. The third kappa shape index (κ3) is 4.37. The fourth-order valence-electron chi connectivity index (χ4n) is 4.54. The molecule has 0 saturated carbocycles. The second kappa shape index (κ2) is 9.57. The van der Waals surface area contributed by atoms with Crippen LogP contribution in [0.4, 0.5) is 5.13 Å². The second-order valence-corrected chi connectivity index (χ2v) is 9.40. The van der Waals surface area contributed by atoms with Gasteiger partial charge < -0.3 is 9.94 Å². The molecule has 4 rings (SSSR count). The highest BCUT2D eigenvalue weighted by atomic mass is 32.1. The van der Waals surface area contributed by atoms with Crippen LogP contribution in [-0.2, 0) is 4.74 Å². The molecule has 2 unspecified atom stereocenters. The van der Waals surface area contributed by atoms with E-state index in [1.165, 1.54) is 23.7 Å². The molecule has 1 aliphatic rings. The van der Waals surface area contributed by atoms with Gasteiger partial charge in [-0.1, -0.05) is 56.1 Å². The second-order valence-electron chi connectivity index (χ2n) is 8.40. The van der Waals surface area contributed by atoms with Crippen molar-refractivity contribution in [1.82, 2.24) is 19.5 Å². The first-order valence-electron chi connectivity index (χ1n) is 11.2. The van der Waals surface area contributed by atoms with E-state index in [9.17, 15) is 10.0 Å². The molecule has 33 heavy (non-hydrogen) atoms. The number of para-hydroxylation sites is 1. The number of carbonyl (C=O) groups excluding carboxylic acids is 1. The number of nitrogens with zero attached hydrogens (tertiary/aromatic N) is 4. The van der Waals surface area contributed by atoms with E-state index in [4.69, 9.17) is 11.2 Å². The number of benzene rings is 1. The standard InChI is InChI=1S/C25H28N4O3S/c1-4-13-25(6-3,14-5-2)28-17-22(32-23(30)19-11-15-26-16-12-19)29(31,18-28)24-27-20-9-7-8-10-21(20)33-24/h3,7-12,15-16,22H,4-5,13-14,17-18H2,1-2H3. The number of terminal acetylenes is 1. The first kappa shape index (κ1) is 23.3. The normalized spacial score (nSPS) is 21.2. The molecule has 0 N–H and O–H groups in total. The van der Waals surface area contributed by atoms with Crippen molar-refractivity contribution < 1.29 is 9.53 Å². The minimum atomic E-state index is -0.979. The van der Waals surface area contributed by atoms with E-state index in [1.807, 2.05) is 29.2 Å². The van der Waals surface area contributed by atoms with E-state index in [0.29, 0.717) is 10.7 Å². The number of pyridine rings is 1. The van der Waals surface area contributed by atoms with E-state index in [-0.39, 0.29) is 13.2 Å². The van der Waals surface area contributed by atoms with Crippen LogP contribution in [0, 0.1) is 17.6 Å². The first-order valence-corrected chi connectivity index (χ1v) is 12.1. The lowest BCUT2D eigenvalue weighted by molar-refractivity contribution is 0.00510. The van der Waals surface area contributed by atoms with Crippen molar-refractivity contribution in [2.24, 2.45) is 0 Å². The average Bonchev–Trinajstić information content (AvgIpc) is 3.42. The maximum absolute atomic E-state index is 14.4. The van der Waals surface area contributed by atoms with Gasteiger partial charge in [-0.2, -0.15) is 4.98 Å². The highest BCUT2D eigenvalue weighted by molar-refractivity contribution is 7.22. The molecule has 172 valence electrons. The van der Waals surface area contributed by atoms with Crippen LogP contribution in [0.1, 0.15) is 49.9 Å². The molecule has 0 aliphatic carbocycles. The molecule has 8 heteroatoms. The lowest BCUT2D eigenvalue weighted by Crippen LogP contribution is -2.52. The van der Waals surface area contributed by atoms with E-state index in [2.05, 4.69) is 29.7 Å². The van der Waals surface area contributed by atoms with Crippen LogP contribution < -0.4 is 4.65 Å². The number of rotatable bonds is 8. The van der Waals surface area contributed by atoms with Gasteiger partial charge in [-0.25, -0.2) is 9.69 Å². The van der Waals surface area contributed by atoms with E-state index in [0.717, 1.165) is 35.9 Å². The van der Waals surface area contributed by atoms with Crippen molar-refractivity contribution in [3.8, 4) is 12.3 Å². The summed E-state index contributed by atoms with van der Waals surface area (Å²) in [6, 6.07) is 10.8.